The van der Waals surface area contributed by atoms with E-state index in [4.69, 9.17) is 0 Å². The van der Waals surface area contributed by atoms with Crippen LogP contribution in [0.5, 0.6) is 0 Å². The van der Waals surface area contributed by atoms with Gasteiger partial charge in [0.1, 0.15) is 0 Å². The Bertz CT molecular complexity index is 533. The maximum absolute atomic E-state index is 12.9. The first kappa shape index (κ1) is 15.0. The lowest BCUT2D eigenvalue weighted by molar-refractivity contribution is -0.128. The van der Waals surface area contributed by atoms with Crippen LogP contribution in [-0.2, 0) is 4.79 Å². The van der Waals surface area contributed by atoms with Gasteiger partial charge < -0.3 is 0 Å². The summed E-state index contributed by atoms with van der Waals surface area (Å²) in [5, 5.41) is 0. The highest BCUT2D eigenvalue weighted by atomic mass is 16.1. The lowest BCUT2D eigenvalue weighted by atomic mass is 9.65. The number of carbonyl (C=O) groups is 1. The molecule has 2 rings (SSSR count). The molecular formula is C19H26O. The molecule has 0 amide bonds. The number of rotatable bonds is 3. The predicted octanol–water partition coefficient (Wildman–Crippen LogP) is 5.18. The van der Waals surface area contributed by atoms with E-state index in [2.05, 4.69) is 52.0 Å². The molecule has 0 spiro atoms. The van der Waals surface area contributed by atoms with Crippen molar-refractivity contribution in [1.29, 1.82) is 0 Å². The topological polar surface area (TPSA) is 17.1 Å². The molecule has 0 bridgehead atoms. The number of carbonyl (C=O) groups excluding carboxylic acids is 1. The van der Waals surface area contributed by atoms with Crippen LogP contribution in [0, 0.1) is 17.8 Å². The molecule has 108 valence electrons. The summed E-state index contributed by atoms with van der Waals surface area (Å²) in [5.74, 6) is 0.320. The number of benzene rings is 1. The van der Waals surface area contributed by atoms with Crippen LogP contribution in [0.4, 0.5) is 0 Å². The first-order chi connectivity index (χ1) is 9.26. The average Bonchev–Trinajstić information content (AvgIpc) is 2.66. The van der Waals surface area contributed by atoms with Gasteiger partial charge in [0, 0.05) is 5.41 Å². The van der Waals surface area contributed by atoms with Gasteiger partial charge in [0.25, 0.3) is 0 Å². The fourth-order valence-corrected chi connectivity index (χ4v) is 3.33. The maximum atomic E-state index is 12.9. The lowest BCUT2D eigenvalue weighted by Crippen LogP contribution is -2.38. The van der Waals surface area contributed by atoms with Crippen molar-refractivity contribution in [1.82, 2.24) is 0 Å². The molecule has 1 heteroatoms. The highest BCUT2D eigenvalue weighted by Crippen LogP contribution is 2.53. The fraction of sp³-hybridized carbons (Fsp3) is 0.526. The highest BCUT2D eigenvalue weighted by Gasteiger charge is 2.50. The van der Waals surface area contributed by atoms with Crippen LogP contribution in [-0.4, -0.2) is 5.78 Å². The normalized spacial score (nSPS) is 25.8. The summed E-state index contributed by atoms with van der Waals surface area (Å²) in [7, 11) is 0. The summed E-state index contributed by atoms with van der Waals surface area (Å²) < 4.78 is 0. The van der Waals surface area contributed by atoms with Gasteiger partial charge in [0.05, 0.1) is 0 Å². The monoisotopic (exact) mass is 270 g/mol. The molecule has 20 heavy (non-hydrogen) atoms. The van der Waals surface area contributed by atoms with Crippen LogP contribution in [0.15, 0.2) is 29.8 Å². The Hall–Kier alpha value is -1.37. The van der Waals surface area contributed by atoms with Crippen LogP contribution < -0.4 is 0 Å². The summed E-state index contributed by atoms with van der Waals surface area (Å²) in [5.41, 5.74) is 3.13. The number of hydrogen-bond acceptors (Lipinski definition) is 1. The van der Waals surface area contributed by atoms with E-state index in [1.54, 1.807) is 0 Å². The molecule has 0 saturated heterocycles. The molecule has 1 saturated carbocycles. The first-order valence-electron chi connectivity index (χ1n) is 7.56. The van der Waals surface area contributed by atoms with Crippen molar-refractivity contribution in [3.63, 3.8) is 0 Å². The van der Waals surface area contributed by atoms with Gasteiger partial charge in [0.15, 0.2) is 5.78 Å². The van der Waals surface area contributed by atoms with Gasteiger partial charge in [0.2, 0.25) is 0 Å². The highest BCUT2D eigenvalue weighted by molar-refractivity contribution is 6.03. The van der Waals surface area contributed by atoms with Crippen LogP contribution in [0.1, 0.15) is 58.1 Å². The van der Waals surface area contributed by atoms with Gasteiger partial charge in [-0.15, -0.1) is 0 Å². The second-order valence-electron chi connectivity index (χ2n) is 7.14. The second kappa shape index (κ2) is 5.20. The third kappa shape index (κ3) is 2.59. The molecule has 0 N–H and O–H groups in total. The molecule has 0 aromatic heterocycles. The second-order valence-corrected chi connectivity index (χ2v) is 7.14. The van der Waals surface area contributed by atoms with Gasteiger partial charge in [-0.2, -0.15) is 0 Å². The zero-order valence-corrected chi connectivity index (χ0v) is 13.4. The minimum Gasteiger partial charge on any atom is -0.294 e. The molecular weight excluding hydrogens is 244 g/mol. The molecule has 0 aliphatic heterocycles. The largest absolute Gasteiger partial charge is 0.294 e. The van der Waals surface area contributed by atoms with E-state index in [0.29, 0.717) is 5.78 Å². The van der Waals surface area contributed by atoms with Crippen molar-refractivity contribution in [3.8, 4) is 0 Å². The predicted molar refractivity (Wildman–Crippen MR) is 85.6 cm³/mol. The minimum absolute atomic E-state index is 0.104. The summed E-state index contributed by atoms with van der Waals surface area (Å²) in [6.07, 6.45) is 5.35. The van der Waals surface area contributed by atoms with Gasteiger partial charge in [-0.25, -0.2) is 0 Å². The maximum Gasteiger partial charge on any atom is 0.164 e. The Balaban J connectivity index is 2.27. The molecule has 1 aliphatic carbocycles. The summed E-state index contributed by atoms with van der Waals surface area (Å²) in [6.45, 7) is 10.7. The number of hydrogen-bond donors (Lipinski definition) is 0. The Morgan fingerprint density at radius 1 is 1.10 bits per heavy atom. The van der Waals surface area contributed by atoms with Crippen molar-refractivity contribution >= 4 is 11.9 Å². The molecule has 0 heterocycles. The van der Waals surface area contributed by atoms with Gasteiger partial charge in [-0.1, -0.05) is 57.0 Å². The molecule has 1 unspecified atom stereocenters. The van der Waals surface area contributed by atoms with Crippen molar-refractivity contribution in [2.45, 2.75) is 53.9 Å². The molecule has 1 fully saturated rings. The molecule has 1 aromatic carbocycles. The van der Waals surface area contributed by atoms with Crippen molar-refractivity contribution in [2.24, 2.45) is 10.8 Å². The quantitative estimate of drug-likeness (QED) is 0.691. The fourth-order valence-electron chi connectivity index (χ4n) is 3.33. The zero-order valence-electron chi connectivity index (χ0n) is 13.4. The Morgan fingerprint density at radius 2 is 1.70 bits per heavy atom. The third-order valence-corrected chi connectivity index (χ3v) is 5.29. The minimum atomic E-state index is -0.210. The number of allylic oxidation sites excluding steroid dienone is 1. The lowest BCUT2D eigenvalue weighted by Gasteiger charge is -2.37. The van der Waals surface area contributed by atoms with E-state index in [-0.39, 0.29) is 10.8 Å². The SMILES string of the molecule is CC(=Cc1ccc(C)cc1)C(=O)C1(C)CCCC1(C)C. The van der Waals surface area contributed by atoms with Crippen molar-refractivity contribution < 1.29 is 4.79 Å². The van der Waals surface area contributed by atoms with E-state index in [9.17, 15) is 4.79 Å². The molecule has 1 aromatic rings. The first-order valence-corrected chi connectivity index (χ1v) is 7.56. The van der Waals surface area contributed by atoms with Crippen molar-refractivity contribution in [2.75, 3.05) is 0 Å². The molecule has 0 radical (unpaired) electrons. The van der Waals surface area contributed by atoms with Crippen LogP contribution in [0.2, 0.25) is 0 Å². The van der Waals surface area contributed by atoms with Gasteiger partial charge in [-0.3, -0.25) is 4.79 Å². The van der Waals surface area contributed by atoms with E-state index in [1.165, 1.54) is 5.56 Å². The Morgan fingerprint density at radius 3 is 2.20 bits per heavy atom. The van der Waals surface area contributed by atoms with Crippen LogP contribution >= 0.6 is 0 Å². The van der Waals surface area contributed by atoms with E-state index in [1.807, 2.05) is 13.0 Å². The molecule has 1 atom stereocenters. The van der Waals surface area contributed by atoms with Crippen molar-refractivity contribution in [3.05, 3.63) is 41.0 Å². The standard InChI is InChI=1S/C19H26O/c1-14-7-9-16(10-8-14)13-15(2)17(20)19(5)12-6-11-18(19,3)4/h7-10,13H,6,11-12H2,1-5H3. The Labute approximate surface area is 123 Å². The average molecular weight is 270 g/mol. The number of ketones is 1. The number of Topliss-reactive ketones (excluding diaryl/α,β-unsaturated/α-hetero) is 1. The zero-order chi connectivity index (χ0) is 15.0. The number of aryl methyl sites for hydroxylation is 1. The summed E-state index contributed by atoms with van der Waals surface area (Å²) in [4.78, 5) is 12.9. The van der Waals surface area contributed by atoms with Crippen LogP contribution in [0.3, 0.4) is 0 Å². The smallest absolute Gasteiger partial charge is 0.164 e. The van der Waals surface area contributed by atoms with Gasteiger partial charge in [-0.05, 0) is 49.3 Å². The molecule has 1 aliphatic rings. The third-order valence-electron chi connectivity index (χ3n) is 5.29. The van der Waals surface area contributed by atoms with Crippen LogP contribution in [0.25, 0.3) is 6.08 Å². The Kier molecular flexibility index (Phi) is 3.90. The summed E-state index contributed by atoms with van der Waals surface area (Å²) in [6, 6.07) is 8.33. The van der Waals surface area contributed by atoms with E-state index >= 15 is 0 Å². The molecule has 1 nitrogen and oxygen atoms in total. The van der Waals surface area contributed by atoms with E-state index < -0.39 is 0 Å². The van der Waals surface area contributed by atoms with E-state index in [0.717, 1.165) is 30.4 Å². The van der Waals surface area contributed by atoms with Gasteiger partial charge >= 0.3 is 0 Å². The summed E-state index contributed by atoms with van der Waals surface area (Å²) >= 11 is 0.